The summed E-state index contributed by atoms with van der Waals surface area (Å²) in [7, 11) is -3.91. The standard InChI is InChI=1S/C15H22N2O5S/c1-10(2)22-15(19)13(8-9-14(16)18)17-23(20,21)12-6-4-11(3)5-7-12/h4-7,10,13,17H,8-9H2,1-3H3,(H2,16,18)/t13-/m0/s1. The van der Waals surface area contributed by atoms with Crippen LogP contribution in [0.25, 0.3) is 0 Å². The molecule has 0 heterocycles. The van der Waals surface area contributed by atoms with Crippen LogP contribution in [-0.2, 0) is 24.3 Å². The number of aryl methyl sites for hydroxylation is 1. The number of sulfonamides is 1. The molecule has 128 valence electrons. The molecule has 0 aliphatic rings. The Kier molecular flexibility index (Phi) is 6.71. The summed E-state index contributed by atoms with van der Waals surface area (Å²) in [5, 5.41) is 0. The topological polar surface area (TPSA) is 116 Å². The number of esters is 1. The van der Waals surface area contributed by atoms with E-state index in [1.165, 1.54) is 12.1 Å². The number of carbonyl (C=O) groups excluding carboxylic acids is 2. The molecule has 0 aliphatic carbocycles. The first-order valence-electron chi connectivity index (χ1n) is 7.19. The first-order valence-corrected chi connectivity index (χ1v) is 8.68. The molecule has 0 bridgehead atoms. The minimum atomic E-state index is -3.91. The molecule has 3 N–H and O–H groups in total. The molecule has 1 rings (SSSR count). The van der Waals surface area contributed by atoms with Crippen molar-refractivity contribution in [3.8, 4) is 0 Å². The van der Waals surface area contributed by atoms with Crippen molar-refractivity contribution in [2.45, 2.75) is 50.7 Å². The largest absolute Gasteiger partial charge is 0.462 e. The van der Waals surface area contributed by atoms with Crippen molar-refractivity contribution in [1.82, 2.24) is 4.72 Å². The van der Waals surface area contributed by atoms with Gasteiger partial charge in [-0.25, -0.2) is 8.42 Å². The molecule has 1 atom stereocenters. The van der Waals surface area contributed by atoms with Crippen molar-refractivity contribution in [1.29, 1.82) is 0 Å². The van der Waals surface area contributed by atoms with Crippen LogP contribution in [0.2, 0.25) is 0 Å². The van der Waals surface area contributed by atoms with E-state index in [1.54, 1.807) is 26.0 Å². The lowest BCUT2D eigenvalue weighted by atomic mass is 10.1. The van der Waals surface area contributed by atoms with Crippen LogP contribution in [0.3, 0.4) is 0 Å². The average Bonchev–Trinajstić information content (AvgIpc) is 2.42. The van der Waals surface area contributed by atoms with Gasteiger partial charge in [-0.1, -0.05) is 17.7 Å². The van der Waals surface area contributed by atoms with Gasteiger partial charge in [0.2, 0.25) is 15.9 Å². The summed E-state index contributed by atoms with van der Waals surface area (Å²) in [6.45, 7) is 5.13. The Morgan fingerprint density at radius 1 is 1.22 bits per heavy atom. The van der Waals surface area contributed by atoms with E-state index in [2.05, 4.69) is 4.72 Å². The monoisotopic (exact) mass is 342 g/mol. The van der Waals surface area contributed by atoms with Crippen molar-refractivity contribution < 1.29 is 22.7 Å². The first kappa shape index (κ1) is 19.1. The van der Waals surface area contributed by atoms with Crippen LogP contribution in [0.4, 0.5) is 0 Å². The van der Waals surface area contributed by atoms with Crippen LogP contribution in [-0.4, -0.2) is 32.4 Å². The van der Waals surface area contributed by atoms with Gasteiger partial charge in [-0.3, -0.25) is 9.59 Å². The second-order valence-electron chi connectivity index (χ2n) is 5.48. The number of amides is 1. The maximum absolute atomic E-state index is 12.4. The number of carbonyl (C=O) groups is 2. The smallest absolute Gasteiger partial charge is 0.324 e. The summed E-state index contributed by atoms with van der Waals surface area (Å²) < 4.78 is 32.0. The highest BCUT2D eigenvalue weighted by molar-refractivity contribution is 7.89. The van der Waals surface area contributed by atoms with Crippen molar-refractivity contribution in [2.24, 2.45) is 5.73 Å². The SMILES string of the molecule is Cc1ccc(S(=O)(=O)N[C@@H](CCC(N)=O)C(=O)OC(C)C)cc1. The maximum Gasteiger partial charge on any atom is 0.324 e. The highest BCUT2D eigenvalue weighted by atomic mass is 32.2. The summed E-state index contributed by atoms with van der Waals surface area (Å²) in [4.78, 5) is 23.0. The van der Waals surface area contributed by atoms with Gasteiger partial charge in [0.15, 0.2) is 0 Å². The number of nitrogens with two attached hydrogens (primary N) is 1. The van der Waals surface area contributed by atoms with E-state index in [9.17, 15) is 18.0 Å². The second-order valence-corrected chi connectivity index (χ2v) is 7.19. The maximum atomic E-state index is 12.4. The first-order chi connectivity index (χ1) is 10.6. The molecule has 0 aromatic heterocycles. The molecule has 23 heavy (non-hydrogen) atoms. The second kappa shape index (κ2) is 8.07. The van der Waals surface area contributed by atoms with E-state index < -0.39 is 34.0 Å². The summed E-state index contributed by atoms with van der Waals surface area (Å²) in [5.41, 5.74) is 5.98. The summed E-state index contributed by atoms with van der Waals surface area (Å²) in [6.07, 6.45) is -0.595. The molecule has 7 nitrogen and oxygen atoms in total. The van der Waals surface area contributed by atoms with Crippen LogP contribution >= 0.6 is 0 Å². The van der Waals surface area contributed by atoms with Crippen LogP contribution in [0.1, 0.15) is 32.3 Å². The third-order valence-corrected chi connectivity index (χ3v) is 4.43. The molecule has 0 radical (unpaired) electrons. The van der Waals surface area contributed by atoms with Gasteiger partial charge in [-0.2, -0.15) is 4.72 Å². The minimum Gasteiger partial charge on any atom is -0.462 e. The molecule has 0 fully saturated rings. The zero-order chi connectivity index (χ0) is 17.6. The van der Waals surface area contributed by atoms with E-state index in [-0.39, 0.29) is 17.7 Å². The van der Waals surface area contributed by atoms with Crippen LogP contribution < -0.4 is 10.5 Å². The highest BCUT2D eigenvalue weighted by Gasteiger charge is 2.27. The number of benzene rings is 1. The van der Waals surface area contributed by atoms with Crippen molar-refractivity contribution in [3.05, 3.63) is 29.8 Å². The van der Waals surface area contributed by atoms with Crippen LogP contribution in [0.5, 0.6) is 0 Å². The Morgan fingerprint density at radius 2 is 1.78 bits per heavy atom. The highest BCUT2D eigenvalue weighted by Crippen LogP contribution is 2.13. The summed E-state index contributed by atoms with van der Waals surface area (Å²) in [5.74, 6) is -1.36. The van der Waals surface area contributed by atoms with E-state index >= 15 is 0 Å². The Bertz CT molecular complexity index is 653. The van der Waals surface area contributed by atoms with Gasteiger partial charge < -0.3 is 10.5 Å². The van der Waals surface area contributed by atoms with E-state index in [4.69, 9.17) is 10.5 Å². The van der Waals surface area contributed by atoms with Gasteiger partial charge >= 0.3 is 5.97 Å². The van der Waals surface area contributed by atoms with Gasteiger partial charge in [0.05, 0.1) is 11.0 Å². The molecule has 0 saturated carbocycles. The summed E-state index contributed by atoms with van der Waals surface area (Å²) in [6, 6.07) is 5.02. The fraction of sp³-hybridized carbons (Fsp3) is 0.467. The Hall–Kier alpha value is -1.93. The Morgan fingerprint density at radius 3 is 2.26 bits per heavy atom. The van der Waals surface area contributed by atoms with E-state index in [0.717, 1.165) is 5.56 Å². The molecule has 0 aliphatic heterocycles. The normalized spacial score (nSPS) is 12.9. The number of hydrogen-bond acceptors (Lipinski definition) is 5. The molecule has 0 saturated heterocycles. The average molecular weight is 342 g/mol. The third-order valence-electron chi connectivity index (χ3n) is 2.94. The lowest BCUT2D eigenvalue weighted by Gasteiger charge is -2.18. The lowest BCUT2D eigenvalue weighted by Crippen LogP contribution is -2.43. The predicted octanol–water partition coefficient (Wildman–Crippen LogP) is 0.859. The molecule has 0 spiro atoms. The zero-order valence-corrected chi connectivity index (χ0v) is 14.2. The number of nitrogens with one attached hydrogen (secondary N) is 1. The van der Waals surface area contributed by atoms with Gasteiger partial charge in [0.25, 0.3) is 0 Å². The molecule has 1 amide bonds. The van der Waals surface area contributed by atoms with Crippen molar-refractivity contribution >= 4 is 21.9 Å². The lowest BCUT2D eigenvalue weighted by molar-refractivity contribution is -0.149. The van der Waals surface area contributed by atoms with Crippen LogP contribution in [0.15, 0.2) is 29.2 Å². The minimum absolute atomic E-state index is 0.0320. The molecule has 8 heteroatoms. The van der Waals surface area contributed by atoms with Crippen LogP contribution in [0, 0.1) is 6.92 Å². The van der Waals surface area contributed by atoms with Gasteiger partial charge in [-0.05, 0) is 39.3 Å². The molecular weight excluding hydrogens is 320 g/mol. The molecule has 1 aromatic carbocycles. The number of rotatable bonds is 8. The number of primary amides is 1. The zero-order valence-electron chi connectivity index (χ0n) is 13.4. The molecule has 1 aromatic rings. The Labute approximate surface area is 136 Å². The number of ether oxygens (including phenoxy) is 1. The van der Waals surface area contributed by atoms with Crippen molar-refractivity contribution in [2.75, 3.05) is 0 Å². The quantitative estimate of drug-likeness (QED) is 0.680. The number of hydrogen-bond donors (Lipinski definition) is 2. The van der Waals surface area contributed by atoms with Gasteiger partial charge in [0, 0.05) is 6.42 Å². The van der Waals surface area contributed by atoms with E-state index in [1.807, 2.05) is 6.92 Å². The third kappa shape index (κ3) is 6.37. The summed E-state index contributed by atoms with van der Waals surface area (Å²) >= 11 is 0. The fourth-order valence-corrected chi connectivity index (χ4v) is 3.02. The Balaban J connectivity index is 2.95. The fourth-order valence-electron chi connectivity index (χ4n) is 1.80. The van der Waals surface area contributed by atoms with E-state index in [0.29, 0.717) is 0 Å². The molecule has 0 unspecified atom stereocenters. The predicted molar refractivity (Wildman–Crippen MR) is 84.9 cm³/mol. The van der Waals surface area contributed by atoms with Gasteiger partial charge in [-0.15, -0.1) is 0 Å². The van der Waals surface area contributed by atoms with Gasteiger partial charge in [0.1, 0.15) is 6.04 Å². The molecular formula is C15H22N2O5S. The van der Waals surface area contributed by atoms with Crippen molar-refractivity contribution in [3.63, 3.8) is 0 Å².